The second kappa shape index (κ2) is 9.29. The molecule has 0 unspecified atom stereocenters. The van der Waals surface area contributed by atoms with Gasteiger partial charge in [0.15, 0.2) is 0 Å². The van der Waals surface area contributed by atoms with Gasteiger partial charge in [-0.25, -0.2) is 17.9 Å². The number of hydrogen-bond donors (Lipinski definition) is 3. The van der Waals surface area contributed by atoms with Crippen molar-refractivity contribution >= 4 is 21.9 Å². The van der Waals surface area contributed by atoms with Crippen molar-refractivity contribution in [2.24, 2.45) is 0 Å². The Balaban J connectivity index is 1.85. The Bertz CT molecular complexity index is 908. The Morgan fingerprint density at radius 1 is 1.00 bits per heavy atom. The number of carbonyl (C=O) groups excluding carboxylic acids is 1. The number of aromatic carboxylic acids is 1. The SMILES string of the molecule is CCS(=O)(=O)NCc1ccc(C(=O)NCCc2cccc(C(=O)O)c2)cc1. The molecule has 0 aromatic heterocycles. The van der Waals surface area contributed by atoms with Crippen LogP contribution in [0.25, 0.3) is 0 Å². The third kappa shape index (κ3) is 6.50. The Labute approximate surface area is 158 Å². The molecule has 0 heterocycles. The van der Waals surface area contributed by atoms with Crippen molar-refractivity contribution in [2.45, 2.75) is 19.9 Å². The van der Waals surface area contributed by atoms with Gasteiger partial charge in [-0.05, 0) is 48.7 Å². The van der Waals surface area contributed by atoms with Gasteiger partial charge in [-0.15, -0.1) is 0 Å². The summed E-state index contributed by atoms with van der Waals surface area (Å²) >= 11 is 0. The van der Waals surface area contributed by atoms with Gasteiger partial charge in [0.2, 0.25) is 10.0 Å². The molecule has 2 aromatic rings. The third-order valence-corrected chi connectivity index (χ3v) is 5.31. The molecule has 0 bridgehead atoms. The number of rotatable bonds is 9. The summed E-state index contributed by atoms with van der Waals surface area (Å²) in [6.07, 6.45) is 0.518. The lowest BCUT2D eigenvalue weighted by Crippen LogP contribution is -2.26. The number of carboxylic acids is 1. The minimum Gasteiger partial charge on any atom is -0.478 e. The molecule has 0 fully saturated rings. The molecule has 0 aliphatic heterocycles. The largest absolute Gasteiger partial charge is 0.478 e. The predicted molar refractivity (Wildman–Crippen MR) is 102 cm³/mol. The Kier molecular flexibility index (Phi) is 7.09. The van der Waals surface area contributed by atoms with E-state index in [1.54, 1.807) is 43.3 Å². The van der Waals surface area contributed by atoms with Crippen molar-refractivity contribution in [3.05, 3.63) is 70.8 Å². The van der Waals surface area contributed by atoms with Gasteiger partial charge in [-0.2, -0.15) is 0 Å². The minimum atomic E-state index is -3.26. The summed E-state index contributed by atoms with van der Waals surface area (Å²) in [5, 5.41) is 11.8. The molecule has 0 aliphatic carbocycles. The molecule has 3 N–H and O–H groups in total. The van der Waals surface area contributed by atoms with Crippen LogP contribution >= 0.6 is 0 Å². The summed E-state index contributed by atoms with van der Waals surface area (Å²) in [5.74, 6) is -1.21. The molecule has 1 amide bonds. The molecule has 7 nitrogen and oxygen atoms in total. The summed E-state index contributed by atoms with van der Waals surface area (Å²) in [4.78, 5) is 23.1. The molecular formula is C19H22N2O5S. The molecule has 2 aromatic carbocycles. The molecule has 0 spiro atoms. The summed E-state index contributed by atoms with van der Waals surface area (Å²) in [6, 6.07) is 13.3. The van der Waals surface area contributed by atoms with Gasteiger partial charge in [-0.3, -0.25) is 4.79 Å². The Morgan fingerprint density at radius 3 is 2.33 bits per heavy atom. The smallest absolute Gasteiger partial charge is 0.335 e. The second-order valence-electron chi connectivity index (χ2n) is 5.93. The van der Waals surface area contributed by atoms with E-state index in [0.29, 0.717) is 18.5 Å². The molecule has 0 saturated carbocycles. The number of amides is 1. The van der Waals surface area contributed by atoms with Crippen LogP contribution in [0.4, 0.5) is 0 Å². The molecule has 0 atom stereocenters. The van der Waals surface area contributed by atoms with Crippen molar-refractivity contribution in [1.82, 2.24) is 10.0 Å². The summed E-state index contributed by atoms with van der Waals surface area (Å²) in [7, 11) is -3.26. The van der Waals surface area contributed by atoms with Gasteiger partial charge in [0.05, 0.1) is 11.3 Å². The Morgan fingerprint density at radius 2 is 1.70 bits per heavy atom. The zero-order chi connectivity index (χ0) is 19.9. The van der Waals surface area contributed by atoms with Crippen molar-refractivity contribution in [1.29, 1.82) is 0 Å². The molecular weight excluding hydrogens is 368 g/mol. The van der Waals surface area contributed by atoms with E-state index < -0.39 is 16.0 Å². The van der Waals surface area contributed by atoms with E-state index >= 15 is 0 Å². The summed E-state index contributed by atoms with van der Waals surface area (Å²) in [5.41, 5.74) is 2.27. The van der Waals surface area contributed by atoms with E-state index in [2.05, 4.69) is 10.0 Å². The molecule has 0 saturated heterocycles. The van der Waals surface area contributed by atoms with E-state index in [-0.39, 0.29) is 23.8 Å². The summed E-state index contributed by atoms with van der Waals surface area (Å²) in [6.45, 7) is 2.12. The van der Waals surface area contributed by atoms with E-state index in [9.17, 15) is 18.0 Å². The molecule has 0 aliphatic rings. The average molecular weight is 390 g/mol. The maximum absolute atomic E-state index is 12.2. The fourth-order valence-electron chi connectivity index (χ4n) is 2.35. The number of sulfonamides is 1. The highest BCUT2D eigenvalue weighted by Gasteiger charge is 2.08. The number of benzene rings is 2. The standard InChI is InChI=1S/C19H22N2O5S/c1-2-27(25,26)21-13-15-6-8-16(9-7-15)18(22)20-11-10-14-4-3-5-17(12-14)19(23)24/h3-9,12,21H,2,10-11,13H2,1H3,(H,20,22)(H,23,24). The van der Waals surface area contributed by atoms with E-state index in [0.717, 1.165) is 11.1 Å². The second-order valence-corrected chi connectivity index (χ2v) is 8.03. The van der Waals surface area contributed by atoms with Crippen LogP contribution in [-0.2, 0) is 23.0 Å². The van der Waals surface area contributed by atoms with Crippen LogP contribution in [0.1, 0.15) is 38.8 Å². The van der Waals surface area contributed by atoms with Gasteiger partial charge >= 0.3 is 5.97 Å². The van der Waals surface area contributed by atoms with Gasteiger partial charge in [-0.1, -0.05) is 24.3 Å². The first-order valence-corrected chi connectivity index (χ1v) is 10.1. The van der Waals surface area contributed by atoms with Crippen molar-refractivity contribution in [2.75, 3.05) is 12.3 Å². The lowest BCUT2D eigenvalue weighted by atomic mass is 10.1. The zero-order valence-electron chi connectivity index (χ0n) is 14.9. The predicted octanol–water partition coefficient (Wildman–Crippen LogP) is 1.80. The molecule has 0 radical (unpaired) electrons. The van der Waals surface area contributed by atoms with Crippen molar-refractivity contribution in [3.8, 4) is 0 Å². The number of nitrogens with one attached hydrogen (secondary N) is 2. The van der Waals surface area contributed by atoms with Gasteiger partial charge in [0.25, 0.3) is 5.91 Å². The minimum absolute atomic E-state index is 0.0167. The first-order valence-electron chi connectivity index (χ1n) is 8.47. The van der Waals surface area contributed by atoms with Crippen LogP contribution in [0.2, 0.25) is 0 Å². The van der Waals surface area contributed by atoms with E-state index in [1.807, 2.05) is 6.07 Å². The fraction of sp³-hybridized carbons (Fsp3) is 0.263. The van der Waals surface area contributed by atoms with E-state index in [1.165, 1.54) is 6.07 Å². The molecule has 144 valence electrons. The maximum Gasteiger partial charge on any atom is 0.335 e. The lowest BCUT2D eigenvalue weighted by Gasteiger charge is -2.08. The fourth-order valence-corrected chi connectivity index (χ4v) is 2.94. The molecule has 8 heteroatoms. The summed E-state index contributed by atoms with van der Waals surface area (Å²) < 4.78 is 25.3. The third-order valence-electron chi connectivity index (χ3n) is 3.97. The van der Waals surface area contributed by atoms with Crippen LogP contribution in [0, 0.1) is 0 Å². The highest BCUT2D eigenvalue weighted by molar-refractivity contribution is 7.89. The van der Waals surface area contributed by atoms with Gasteiger partial charge in [0, 0.05) is 18.7 Å². The first-order chi connectivity index (χ1) is 12.8. The maximum atomic E-state index is 12.2. The lowest BCUT2D eigenvalue weighted by molar-refractivity contribution is 0.0696. The van der Waals surface area contributed by atoms with Crippen LogP contribution in [0.3, 0.4) is 0 Å². The monoisotopic (exact) mass is 390 g/mol. The van der Waals surface area contributed by atoms with Crippen LogP contribution in [0.5, 0.6) is 0 Å². The molecule has 2 rings (SSSR count). The topological polar surface area (TPSA) is 113 Å². The van der Waals surface area contributed by atoms with Crippen molar-refractivity contribution in [3.63, 3.8) is 0 Å². The highest BCUT2D eigenvalue weighted by atomic mass is 32.2. The number of carbonyl (C=O) groups is 2. The van der Waals surface area contributed by atoms with Gasteiger partial charge in [0.1, 0.15) is 0 Å². The van der Waals surface area contributed by atoms with Gasteiger partial charge < -0.3 is 10.4 Å². The van der Waals surface area contributed by atoms with Crippen LogP contribution in [0.15, 0.2) is 48.5 Å². The molecule has 27 heavy (non-hydrogen) atoms. The normalized spacial score (nSPS) is 11.1. The average Bonchev–Trinajstić information content (AvgIpc) is 2.67. The quantitative estimate of drug-likeness (QED) is 0.604. The van der Waals surface area contributed by atoms with Crippen molar-refractivity contribution < 1.29 is 23.1 Å². The first kappa shape index (κ1) is 20.6. The van der Waals surface area contributed by atoms with Crippen LogP contribution < -0.4 is 10.0 Å². The number of carboxylic acid groups (broad SMARTS) is 1. The Hall–Kier alpha value is -2.71. The van der Waals surface area contributed by atoms with Crippen LogP contribution in [-0.4, -0.2) is 37.7 Å². The zero-order valence-corrected chi connectivity index (χ0v) is 15.8. The highest BCUT2D eigenvalue weighted by Crippen LogP contribution is 2.07. The van der Waals surface area contributed by atoms with E-state index in [4.69, 9.17) is 5.11 Å². The number of hydrogen-bond acceptors (Lipinski definition) is 4.